The molecule has 0 saturated carbocycles. The third-order valence-corrected chi connectivity index (χ3v) is 2.01. The maximum absolute atomic E-state index is 2.28. The van der Waals surface area contributed by atoms with E-state index in [0.29, 0.717) is 10.3 Å². The van der Waals surface area contributed by atoms with Gasteiger partial charge in [0, 0.05) is 0 Å². The van der Waals surface area contributed by atoms with Crippen LogP contribution in [0.4, 0.5) is 0 Å². The van der Waals surface area contributed by atoms with Crippen molar-refractivity contribution in [1.82, 2.24) is 0 Å². The summed E-state index contributed by atoms with van der Waals surface area (Å²) < 4.78 is 0. The van der Waals surface area contributed by atoms with Crippen molar-refractivity contribution < 1.29 is 52.8 Å². The fourth-order valence-corrected chi connectivity index (χ4v) is 3.02. The van der Waals surface area contributed by atoms with E-state index < -0.39 is 0 Å². The van der Waals surface area contributed by atoms with Gasteiger partial charge in [-0.1, -0.05) is 41.5 Å². The third-order valence-electron chi connectivity index (χ3n) is 0.671. The summed E-state index contributed by atoms with van der Waals surface area (Å²) in [4.78, 5) is 0. The molecule has 0 amide bonds. The van der Waals surface area contributed by atoms with Crippen LogP contribution in [0.5, 0.6) is 0 Å². The standard InChI is InChI=1S/C8H18P.2BrH.Li.Mg/c1-7(2,3)9-8(4,5)6;;;;/h1-6H3;2*1H;;/q-1;;;+1;+2/p-2. The monoisotopic (exact) mass is 334 g/mol. The van der Waals surface area contributed by atoms with Crippen molar-refractivity contribution in [3.8, 4) is 0 Å². The predicted molar refractivity (Wildman–Crippen MR) is 52.2 cm³/mol. The summed E-state index contributed by atoms with van der Waals surface area (Å²) in [6.45, 7) is 13.7. The molecule has 0 aromatic heterocycles. The number of hydrogen-bond donors (Lipinski definition) is 0. The topological polar surface area (TPSA) is 0 Å². The van der Waals surface area contributed by atoms with Gasteiger partial charge in [0.2, 0.25) is 0 Å². The molecular weight excluding hydrogens is 318 g/mol. The van der Waals surface area contributed by atoms with E-state index in [1.807, 2.05) is 0 Å². The van der Waals surface area contributed by atoms with Crippen LogP contribution in [0.1, 0.15) is 41.5 Å². The van der Waals surface area contributed by atoms with Gasteiger partial charge in [-0.15, -0.1) is 0 Å². The predicted octanol–water partition coefficient (Wildman–Crippen LogP) is -5.84. The zero-order valence-corrected chi connectivity index (χ0v) is 15.4. The maximum Gasteiger partial charge on any atom is 2.00 e. The van der Waals surface area contributed by atoms with Crippen molar-refractivity contribution in [2.75, 3.05) is 0 Å². The molecule has 0 aliphatic heterocycles. The average Bonchev–Trinajstić information content (AvgIpc) is 1.14. The molecule has 0 saturated heterocycles. The summed E-state index contributed by atoms with van der Waals surface area (Å²) in [5, 5.41) is 0.913. The molecule has 72 valence electrons. The van der Waals surface area contributed by atoms with Crippen LogP contribution in [0.25, 0.3) is 0 Å². The minimum absolute atomic E-state index is 0. The molecule has 0 unspecified atom stereocenters. The molecular formula is C8H18Br2LiMgP. The van der Waals surface area contributed by atoms with E-state index >= 15 is 0 Å². The molecule has 13 heavy (non-hydrogen) atoms. The fraction of sp³-hybridized carbons (Fsp3) is 1.00. The quantitative estimate of drug-likeness (QED) is 0.305. The van der Waals surface area contributed by atoms with Gasteiger partial charge in [-0.05, 0) is 0 Å². The van der Waals surface area contributed by atoms with Crippen LogP contribution in [-0.2, 0) is 0 Å². The van der Waals surface area contributed by atoms with Gasteiger partial charge in [0.05, 0.1) is 0 Å². The van der Waals surface area contributed by atoms with Gasteiger partial charge in [-0.2, -0.15) is 10.3 Å². The summed E-state index contributed by atoms with van der Waals surface area (Å²) in [5.74, 6) is 0. The van der Waals surface area contributed by atoms with E-state index in [2.05, 4.69) is 41.5 Å². The second kappa shape index (κ2) is 11.2. The molecule has 0 atom stereocenters. The molecule has 0 fully saturated rings. The largest absolute Gasteiger partial charge is 2.00 e. The Labute approximate surface area is 135 Å². The van der Waals surface area contributed by atoms with E-state index in [-0.39, 0.29) is 75.9 Å². The van der Waals surface area contributed by atoms with Gasteiger partial charge in [-0.3, -0.25) is 0 Å². The van der Waals surface area contributed by atoms with Crippen molar-refractivity contribution in [3.63, 3.8) is 0 Å². The molecule has 0 aromatic rings. The first kappa shape index (κ1) is 29.7. The second-order valence-corrected chi connectivity index (χ2v) is 7.36. The normalized spacial score (nSPS) is 9.69. The average molecular weight is 336 g/mol. The summed E-state index contributed by atoms with van der Waals surface area (Å²) in [7, 11) is 1.53. The van der Waals surface area contributed by atoms with Gasteiger partial charge in [-0.25, -0.2) is 0 Å². The molecule has 0 heterocycles. The molecule has 0 aliphatic rings. The van der Waals surface area contributed by atoms with E-state index in [9.17, 15) is 0 Å². The Kier molecular flexibility index (Phi) is 25.7. The molecule has 0 radical (unpaired) electrons. The summed E-state index contributed by atoms with van der Waals surface area (Å²) >= 11 is 0. The molecule has 0 spiro atoms. The van der Waals surface area contributed by atoms with Crippen LogP contribution in [0.3, 0.4) is 0 Å². The van der Waals surface area contributed by atoms with E-state index in [1.165, 1.54) is 8.58 Å². The zero-order valence-electron chi connectivity index (χ0n) is 9.91. The molecule has 0 N–H and O–H groups in total. The first-order valence-electron chi connectivity index (χ1n) is 3.45. The van der Waals surface area contributed by atoms with Crippen LogP contribution < -0.4 is 52.8 Å². The fourth-order valence-electron chi connectivity index (χ4n) is 1.01. The van der Waals surface area contributed by atoms with Crippen molar-refractivity contribution >= 4 is 31.6 Å². The van der Waals surface area contributed by atoms with Crippen LogP contribution in [0.15, 0.2) is 0 Å². The minimum Gasteiger partial charge on any atom is -1.00 e. The first-order valence-corrected chi connectivity index (χ1v) is 4.34. The van der Waals surface area contributed by atoms with E-state index in [4.69, 9.17) is 0 Å². The Bertz CT molecular complexity index is 87.3. The number of hydrogen-bond acceptors (Lipinski definition) is 0. The van der Waals surface area contributed by atoms with Crippen molar-refractivity contribution in [3.05, 3.63) is 0 Å². The maximum atomic E-state index is 2.28. The number of halogens is 2. The Hall–Kier alpha value is 2.75. The van der Waals surface area contributed by atoms with Crippen molar-refractivity contribution in [2.24, 2.45) is 0 Å². The van der Waals surface area contributed by atoms with Gasteiger partial charge >= 0.3 is 41.9 Å². The Balaban J connectivity index is -0.0000000533. The Morgan fingerprint density at radius 1 is 0.692 bits per heavy atom. The van der Waals surface area contributed by atoms with Crippen molar-refractivity contribution in [1.29, 1.82) is 0 Å². The summed E-state index contributed by atoms with van der Waals surface area (Å²) in [6, 6.07) is 0. The van der Waals surface area contributed by atoms with Crippen LogP contribution in [0, 0.1) is 0 Å². The molecule has 0 bridgehead atoms. The minimum atomic E-state index is 0. The van der Waals surface area contributed by atoms with Crippen LogP contribution >= 0.6 is 8.58 Å². The van der Waals surface area contributed by atoms with Crippen LogP contribution in [0.2, 0.25) is 0 Å². The molecule has 0 rings (SSSR count). The molecule has 0 aromatic carbocycles. The molecule has 0 nitrogen and oxygen atoms in total. The van der Waals surface area contributed by atoms with E-state index in [0.717, 1.165) is 0 Å². The van der Waals surface area contributed by atoms with Gasteiger partial charge < -0.3 is 42.5 Å². The number of rotatable bonds is 0. The van der Waals surface area contributed by atoms with Gasteiger partial charge in [0.1, 0.15) is 0 Å². The summed E-state index contributed by atoms with van der Waals surface area (Å²) in [5.41, 5.74) is 0. The zero-order chi connectivity index (χ0) is 7.71. The molecule has 5 heteroatoms. The Morgan fingerprint density at radius 3 is 0.846 bits per heavy atom. The third kappa shape index (κ3) is 31.3. The van der Waals surface area contributed by atoms with Crippen molar-refractivity contribution in [2.45, 2.75) is 51.9 Å². The SMILES string of the molecule is CC(C)(C)[P-]C(C)(C)C.[Br-].[Br-].[Li+].[Mg+2]. The Morgan fingerprint density at radius 2 is 0.846 bits per heavy atom. The first-order chi connectivity index (χ1) is 3.71. The van der Waals surface area contributed by atoms with Crippen LogP contribution in [-0.4, -0.2) is 33.4 Å². The van der Waals surface area contributed by atoms with Gasteiger partial charge in [0.15, 0.2) is 0 Å². The molecule has 0 aliphatic carbocycles. The van der Waals surface area contributed by atoms with E-state index in [1.54, 1.807) is 0 Å². The smallest absolute Gasteiger partial charge is 1.00 e. The van der Waals surface area contributed by atoms with Gasteiger partial charge in [0.25, 0.3) is 0 Å². The second-order valence-electron chi connectivity index (χ2n) is 4.45. The summed E-state index contributed by atoms with van der Waals surface area (Å²) in [6.07, 6.45) is 0.